The van der Waals surface area contributed by atoms with Crippen molar-refractivity contribution in [2.24, 2.45) is 7.05 Å². The van der Waals surface area contributed by atoms with Gasteiger partial charge in [0.15, 0.2) is 5.03 Å². The van der Waals surface area contributed by atoms with Crippen LogP contribution < -0.4 is 10.1 Å². The molecule has 176 valence electrons. The van der Waals surface area contributed by atoms with Crippen molar-refractivity contribution < 1.29 is 30.7 Å². The van der Waals surface area contributed by atoms with Gasteiger partial charge in [-0.05, 0) is 24.3 Å². The Kier molecular flexibility index (Phi) is 6.01. The molecule has 2 atom stereocenters. The summed E-state index contributed by atoms with van der Waals surface area (Å²) in [5.74, 6) is -1.76. The average Bonchev–Trinajstić information content (AvgIpc) is 3.35. The highest BCUT2D eigenvalue weighted by Crippen LogP contribution is 2.34. The van der Waals surface area contributed by atoms with Crippen molar-refractivity contribution in [1.29, 1.82) is 0 Å². The van der Waals surface area contributed by atoms with Crippen molar-refractivity contribution in [2.75, 3.05) is 18.4 Å². The predicted molar refractivity (Wildman–Crippen MR) is 109 cm³/mol. The number of nitrogens with one attached hydrogen (secondary N) is 1. The maximum Gasteiger partial charge on any atom is 0.573 e. The molecule has 8 nitrogen and oxygen atoms in total. The lowest BCUT2D eigenvalue weighted by Crippen LogP contribution is -2.32. The number of imidazole rings is 1. The Balaban J connectivity index is 1.64. The first-order valence-electron chi connectivity index (χ1n) is 9.74. The number of hydrogen-bond acceptors (Lipinski definition) is 6. The number of hydrogen-bond donors (Lipinski definition) is 1. The lowest BCUT2D eigenvalue weighted by Gasteiger charge is -2.21. The topological polar surface area (TPSA) is 89.4 Å². The van der Waals surface area contributed by atoms with Gasteiger partial charge in [-0.1, -0.05) is 6.07 Å². The molecular formula is C20H19F4N5O3S. The van der Waals surface area contributed by atoms with Crippen LogP contribution in [0.2, 0.25) is 0 Å². The highest BCUT2D eigenvalue weighted by atomic mass is 32.2. The molecule has 1 N–H and O–H groups in total. The fourth-order valence-electron chi connectivity index (χ4n) is 3.71. The van der Waals surface area contributed by atoms with Crippen molar-refractivity contribution in [1.82, 2.24) is 18.8 Å². The minimum atomic E-state index is -4.86. The Bertz CT molecular complexity index is 1250. The third kappa shape index (κ3) is 5.09. The Morgan fingerprint density at radius 2 is 1.94 bits per heavy atom. The van der Waals surface area contributed by atoms with Crippen LogP contribution >= 0.6 is 0 Å². The molecule has 3 heterocycles. The second-order valence-corrected chi connectivity index (χ2v) is 9.39. The van der Waals surface area contributed by atoms with Crippen LogP contribution in [0.3, 0.4) is 0 Å². The maximum absolute atomic E-state index is 14.5. The molecule has 0 unspecified atom stereocenters. The molecule has 1 saturated heterocycles. The molecule has 0 bridgehead atoms. The second-order valence-electron chi connectivity index (χ2n) is 7.50. The number of alkyl halides is 3. The number of halogens is 4. The number of pyridine rings is 1. The summed E-state index contributed by atoms with van der Waals surface area (Å²) in [5.41, 5.74) is 0.302. The quantitative estimate of drug-likeness (QED) is 0.540. The number of aryl methyl sites for hydroxylation is 1. The van der Waals surface area contributed by atoms with Gasteiger partial charge in [0.05, 0.1) is 12.0 Å². The normalized spacial score (nSPS) is 19.5. The molecule has 4 rings (SSSR count). The maximum atomic E-state index is 14.5. The Labute approximate surface area is 186 Å². The van der Waals surface area contributed by atoms with Gasteiger partial charge in [0.2, 0.25) is 0 Å². The fourth-order valence-corrected chi connectivity index (χ4v) is 5.17. The Morgan fingerprint density at radius 3 is 2.61 bits per heavy atom. The van der Waals surface area contributed by atoms with Crippen LogP contribution in [0.4, 0.5) is 23.2 Å². The van der Waals surface area contributed by atoms with Crippen molar-refractivity contribution >= 4 is 15.7 Å². The van der Waals surface area contributed by atoms with Crippen molar-refractivity contribution in [3.8, 4) is 5.75 Å². The number of nitrogens with zero attached hydrogens (tertiary/aromatic N) is 4. The zero-order chi connectivity index (χ0) is 23.8. The number of anilines is 1. The smallest absolute Gasteiger partial charge is 0.406 e. The molecule has 1 fully saturated rings. The number of benzene rings is 1. The predicted octanol–water partition coefficient (Wildman–Crippen LogP) is 3.12. The summed E-state index contributed by atoms with van der Waals surface area (Å²) in [5, 5.41) is 2.86. The van der Waals surface area contributed by atoms with E-state index in [1.165, 1.54) is 47.6 Å². The van der Waals surface area contributed by atoms with Crippen LogP contribution in [0.1, 0.15) is 11.6 Å². The van der Waals surface area contributed by atoms with Gasteiger partial charge < -0.3 is 14.6 Å². The standard InChI is InChI=1S/C20H19F4N5O3S/c1-28-11-18(26-12-28)33(30,31)29-9-15(19-16(21)6-3-7-25-19)17(10-29)27-13-4-2-5-14(8-13)32-20(22,23)24/h2-8,11-12,15,17,27H,9-10H2,1H3/t15-,17-/m1/s1. The summed E-state index contributed by atoms with van der Waals surface area (Å²) in [6.07, 6.45) is -0.770. The summed E-state index contributed by atoms with van der Waals surface area (Å²) >= 11 is 0. The van der Waals surface area contributed by atoms with Crippen LogP contribution in [0, 0.1) is 5.82 Å². The molecule has 1 aliphatic rings. The van der Waals surface area contributed by atoms with Gasteiger partial charge in [-0.3, -0.25) is 4.98 Å². The van der Waals surface area contributed by atoms with Gasteiger partial charge in [-0.25, -0.2) is 17.8 Å². The van der Waals surface area contributed by atoms with Crippen molar-refractivity contribution in [2.45, 2.75) is 23.3 Å². The number of rotatable bonds is 6. The van der Waals surface area contributed by atoms with Gasteiger partial charge in [0, 0.05) is 56.2 Å². The fraction of sp³-hybridized carbons (Fsp3) is 0.300. The molecule has 0 amide bonds. The number of sulfonamides is 1. The lowest BCUT2D eigenvalue weighted by atomic mass is 9.98. The van der Waals surface area contributed by atoms with E-state index in [2.05, 4.69) is 20.0 Å². The zero-order valence-corrected chi connectivity index (χ0v) is 18.0. The number of ether oxygens (including phenoxy) is 1. The van der Waals surface area contributed by atoms with E-state index in [-0.39, 0.29) is 29.5 Å². The van der Waals surface area contributed by atoms with Gasteiger partial charge >= 0.3 is 6.36 Å². The van der Waals surface area contributed by atoms with E-state index in [0.717, 1.165) is 16.4 Å². The van der Waals surface area contributed by atoms with Gasteiger partial charge in [0.1, 0.15) is 11.6 Å². The monoisotopic (exact) mass is 485 g/mol. The minimum Gasteiger partial charge on any atom is -0.406 e. The van der Waals surface area contributed by atoms with E-state index in [0.29, 0.717) is 0 Å². The van der Waals surface area contributed by atoms with E-state index in [4.69, 9.17) is 0 Å². The van der Waals surface area contributed by atoms with E-state index in [1.54, 1.807) is 7.05 Å². The second kappa shape index (κ2) is 8.63. The Morgan fingerprint density at radius 1 is 1.15 bits per heavy atom. The van der Waals surface area contributed by atoms with Crippen LogP contribution in [-0.4, -0.2) is 52.8 Å². The summed E-state index contributed by atoms with van der Waals surface area (Å²) in [6, 6.07) is 7.08. The van der Waals surface area contributed by atoms with E-state index >= 15 is 0 Å². The van der Waals surface area contributed by atoms with Crippen LogP contribution in [-0.2, 0) is 17.1 Å². The van der Waals surface area contributed by atoms with Gasteiger partial charge in [0.25, 0.3) is 10.0 Å². The van der Waals surface area contributed by atoms with Crippen LogP contribution in [0.25, 0.3) is 0 Å². The first kappa shape index (κ1) is 23.0. The van der Waals surface area contributed by atoms with E-state index in [1.807, 2.05) is 0 Å². The molecule has 0 saturated carbocycles. The summed E-state index contributed by atoms with van der Waals surface area (Å²) < 4.78 is 85.0. The molecule has 1 aromatic carbocycles. The third-order valence-corrected chi connectivity index (χ3v) is 6.85. The molecule has 1 aliphatic heterocycles. The largest absolute Gasteiger partial charge is 0.573 e. The van der Waals surface area contributed by atoms with Gasteiger partial charge in [-0.15, -0.1) is 13.2 Å². The summed E-state index contributed by atoms with van der Waals surface area (Å²) in [4.78, 5) is 7.98. The molecule has 0 radical (unpaired) electrons. The first-order valence-corrected chi connectivity index (χ1v) is 11.2. The first-order chi connectivity index (χ1) is 15.5. The molecule has 33 heavy (non-hydrogen) atoms. The highest BCUT2D eigenvalue weighted by Gasteiger charge is 2.42. The van der Waals surface area contributed by atoms with Crippen molar-refractivity contribution in [3.63, 3.8) is 0 Å². The van der Waals surface area contributed by atoms with Crippen molar-refractivity contribution in [3.05, 3.63) is 66.6 Å². The SMILES string of the molecule is Cn1cnc(S(=O)(=O)N2C[C@@H](Nc3cccc(OC(F)(F)F)c3)[C@H](c3ncccc3F)C2)c1. The van der Waals surface area contributed by atoms with Crippen LogP contribution in [0.5, 0.6) is 5.75 Å². The molecule has 3 aromatic rings. The molecule has 2 aromatic heterocycles. The average molecular weight is 485 g/mol. The summed E-state index contributed by atoms with van der Waals surface area (Å²) in [6.45, 7) is -0.173. The van der Waals surface area contributed by atoms with E-state index < -0.39 is 39.9 Å². The zero-order valence-electron chi connectivity index (χ0n) is 17.2. The molecule has 0 aliphatic carbocycles. The van der Waals surface area contributed by atoms with Crippen LogP contribution in [0.15, 0.2) is 60.1 Å². The molecular weight excluding hydrogens is 466 g/mol. The van der Waals surface area contributed by atoms with E-state index in [9.17, 15) is 26.0 Å². The number of aromatic nitrogens is 3. The minimum absolute atomic E-state index is 0.0522. The lowest BCUT2D eigenvalue weighted by molar-refractivity contribution is -0.274. The third-order valence-electron chi connectivity index (χ3n) is 5.13. The molecule has 0 spiro atoms. The summed E-state index contributed by atoms with van der Waals surface area (Å²) in [7, 11) is -2.36. The Hall–Kier alpha value is -3.19. The highest BCUT2D eigenvalue weighted by molar-refractivity contribution is 7.89. The molecule has 13 heteroatoms. The van der Waals surface area contributed by atoms with Gasteiger partial charge in [-0.2, -0.15) is 4.31 Å².